The van der Waals surface area contributed by atoms with Crippen LogP contribution in [0, 0.1) is 6.92 Å². The van der Waals surface area contributed by atoms with E-state index in [9.17, 15) is 9.90 Å². The molecule has 18 heavy (non-hydrogen) atoms. The van der Waals surface area contributed by atoms with E-state index in [0.29, 0.717) is 24.2 Å². The minimum Gasteiger partial charge on any atom is -0.507 e. The number of benzene rings is 1. The van der Waals surface area contributed by atoms with Crippen molar-refractivity contribution in [3.8, 4) is 5.75 Å². The third-order valence-electron chi connectivity index (χ3n) is 2.96. The predicted octanol–water partition coefficient (Wildman–Crippen LogP) is 1.90. The number of para-hydroxylation sites is 1. The number of hydrogen-bond acceptors (Lipinski definition) is 3. The second-order valence-electron chi connectivity index (χ2n) is 4.71. The lowest BCUT2D eigenvalue weighted by atomic mass is 10.1. The SMILES string of the molecule is Cc1cccc(C(=O)N(CCCN)C(C)C)c1O. The van der Waals surface area contributed by atoms with E-state index < -0.39 is 0 Å². The molecule has 0 aliphatic heterocycles. The third kappa shape index (κ3) is 3.23. The van der Waals surface area contributed by atoms with Gasteiger partial charge in [0.2, 0.25) is 0 Å². The Morgan fingerprint density at radius 2 is 2.11 bits per heavy atom. The second kappa shape index (κ2) is 6.40. The fraction of sp³-hybridized carbons (Fsp3) is 0.500. The maximum atomic E-state index is 12.4. The predicted molar refractivity (Wildman–Crippen MR) is 72.7 cm³/mol. The molecule has 0 spiro atoms. The zero-order valence-electron chi connectivity index (χ0n) is 11.3. The van der Waals surface area contributed by atoms with Crippen molar-refractivity contribution in [2.45, 2.75) is 33.2 Å². The maximum Gasteiger partial charge on any atom is 0.257 e. The number of rotatable bonds is 5. The minimum atomic E-state index is -0.139. The molecule has 0 aromatic heterocycles. The second-order valence-corrected chi connectivity index (χ2v) is 4.71. The van der Waals surface area contributed by atoms with Gasteiger partial charge in [0.15, 0.2) is 0 Å². The van der Waals surface area contributed by atoms with Crippen molar-refractivity contribution in [2.75, 3.05) is 13.1 Å². The van der Waals surface area contributed by atoms with E-state index in [4.69, 9.17) is 5.73 Å². The van der Waals surface area contributed by atoms with Gasteiger partial charge in [-0.2, -0.15) is 0 Å². The minimum absolute atomic E-state index is 0.0703. The Morgan fingerprint density at radius 3 is 2.67 bits per heavy atom. The smallest absolute Gasteiger partial charge is 0.257 e. The standard InChI is InChI=1S/C14H22N2O2/c1-10(2)16(9-5-8-15)14(18)12-7-4-6-11(3)13(12)17/h4,6-7,10,17H,5,8-9,15H2,1-3H3. The summed E-state index contributed by atoms with van der Waals surface area (Å²) in [4.78, 5) is 14.1. The summed E-state index contributed by atoms with van der Waals surface area (Å²) in [6, 6.07) is 5.31. The molecule has 0 bridgehead atoms. The van der Waals surface area contributed by atoms with E-state index in [2.05, 4.69) is 0 Å². The van der Waals surface area contributed by atoms with Gasteiger partial charge in [0.25, 0.3) is 5.91 Å². The quantitative estimate of drug-likeness (QED) is 0.838. The summed E-state index contributed by atoms with van der Waals surface area (Å²) >= 11 is 0. The molecule has 4 heteroatoms. The highest BCUT2D eigenvalue weighted by Gasteiger charge is 2.21. The van der Waals surface area contributed by atoms with Crippen LogP contribution in [0.25, 0.3) is 0 Å². The molecular weight excluding hydrogens is 228 g/mol. The molecule has 1 aromatic rings. The largest absolute Gasteiger partial charge is 0.507 e. The summed E-state index contributed by atoms with van der Waals surface area (Å²) in [7, 11) is 0. The molecule has 0 saturated carbocycles. The Hall–Kier alpha value is -1.55. The molecule has 0 aliphatic carbocycles. The lowest BCUT2D eigenvalue weighted by Gasteiger charge is -2.27. The van der Waals surface area contributed by atoms with Crippen LogP contribution in [0.15, 0.2) is 18.2 Å². The van der Waals surface area contributed by atoms with Crippen LogP contribution in [-0.2, 0) is 0 Å². The zero-order chi connectivity index (χ0) is 13.7. The van der Waals surface area contributed by atoms with Gasteiger partial charge in [0, 0.05) is 12.6 Å². The molecule has 0 heterocycles. The average Bonchev–Trinajstić information content (AvgIpc) is 2.32. The number of amides is 1. The van der Waals surface area contributed by atoms with E-state index in [1.165, 1.54) is 0 Å². The molecule has 3 N–H and O–H groups in total. The van der Waals surface area contributed by atoms with Gasteiger partial charge in [-0.1, -0.05) is 12.1 Å². The van der Waals surface area contributed by atoms with E-state index in [1.807, 2.05) is 13.8 Å². The molecule has 1 rings (SSSR count). The number of hydrogen-bond donors (Lipinski definition) is 2. The van der Waals surface area contributed by atoms with Crippen LogP contribution in [0.1, 0.15) is 36.2 Å². The number of phenols is 1. The van der Waals surface area contributed by atoms with E-state index >= 15 is 0 Å². The molecule has 0 aliphatic rings. The van der Waals surface area contributed by atoms with Gasteiger partial charge in [-0.15, -0.1) is 0 Å². The van der Waals surface area contributed by atoms with Crippen LogP contribution >= 0.6 is 0 Å². The van der Waals surface area contributed by atoms with Gasteiger partial charge in [-0.3, -0.25) is 4.79 Å². The Labute approximate surface area is 108 Å². The maximum absolute atomic E-state index is 12.4. The highest BCUT2D eigenvalue weighted by Crippen LogP contribution is 2.23. The molecule has 0 saturated heterocycles. The number of aromatic hydroxyl groups is 1. The molecule has 4 nitrogen and oxygen atoms in total. The Kier molecular flexibility index (Phi) is 5.16. The molecule has 0 unspecified atom stereocenters. The number of nitrogens with zero attached hydrogens (tertiary/aromatic N) is 1. The summed E-state index contributed by atoms with van der Waals surface area (Å²) in [5.74, 6) is -0.0689. The molecule has 1 aromatic carbocycles. The van der Waals surface area contributed by atoms with Crippen LogP contribution in [0.2, 0.25) is 0 Å². The Balaban J connectivity index is 2.98. The summed E-state index contributed by atoms with van der Waals surface area (Å²) in [6.45, 7) is 6.87. The number of nitrogens with two attached hydrogens (primary N) is 1. The number of carbonyl (C=O) groups is 1. The van der Waals surface area contributed by atoms with Crippen molar-refractivity contribution in [3.05, 3.63) is 29.3 Å². The first-order valence-corrected chi connectivity index (χ1v) is 6.28. The summed E-state index contributed by atoms with van der Waals surface area (Å²) in [5.41, 5.74) is 6.56. The van der Waals surface area contributed by atoms with Crippen molar-refractivity contribution in [1.82, 2.24) is 4.90 Å². The normalized spacial score (nSPS) is 10.7. The third-order valence-corrected chi connectivity index (χ3v) is 2.96. The summed E-state index contributed by atoms with van der Waals surface area (Å²) < 4.78 is 0. The lowest BCUT2D eigenvalue weighted by Crippen LogP contribution is -2.38. The van der Waals surface area contributed by atoms with Crippen LogP contribution in [-0.4, -0.2) is 35.0 Å². The van der Waals surface area contributed by atoms with Gasteiger partial charge in [-0.25, -0.2) is 0 Å². The van der Waals surface area contributed by atoms with Crippen molar-refractivity contribution in [2.24, 2.45) is 5.73 Å². The van der Waals surface area contributed by atoms with E-state index in [-0.39, 0.29) is 17.7 Å². The molecule has 100 valence electrons. The lowest BCUT2D eigenvalue weighted by molar-refractivity contribution is 0.0701. The number of aryl methyl sites for hydroxylation is 1. The van der Waals surface area contributed by atoms with Crippen LogP contribution in [0.3, 0.4) is 0 Å². The highest BCUT2D eigenvalue weighted by atomic mass is 16.3. The first-order valence-electron chi connectivity index (χ1n) is 6.28. The van der Waals surface area contributed by atoms with Gasteiger partial charge < -0.3 is 15.7 Å². The van der Waals surface area contributed by atoms with Gasteiger partial charge in [0.1, 0.15) is 5.75 Å². The van der Waals surface area contributed by atoms with Crippen LogP contribution in [0.4, 0.5) is 0 Å². The Bertz CT molecular complexity index is 416. The molecule has 0 atom stereocenters. The van der Waals surface area contributed by atoms with Gasteiger partial charge >= 0.3 is 0 Å². The van der Waals surface area contributed by atoms with Gasteiger partial charge in [-0.05, 0) is 45.4 Å². The van der Waals surface area contributed by atoms with Gasteiger partial charge in [0.05, 0.1) is 5.56 Å². The summed E-state index contributed by atoms with van der Waals surface area (Å²) in [5, 5.41) is 9.95. The van der Waals surface area contributed by atoms with Crippen LogP contribution < -0.4 is 5.73 Å². The topological polar surface area (TPSA) is 66.6 Å². The first kappa shape index (κ1) is 14.5. The monoisotopic (exact) mass is 250 g/mol. The number of carbonyl (C=O) groups excluding carboxylic acids is 1. The summed E-state index contributed by atoms with van der Waals surface area (Å²) in [6.07, 6.45) is 0.760. The number of phenolic OH excluding ortho intramolecular Hbond substituents is 1. The van der Waals surface area contributed by atoms with Crippen molar-refractivity contribution < 1.29 is 9.90 Å². The van der Waals surface area contributed by atoms with Crippen molar-refractivity contribution >= 4 is 5.91 Å². The average molecular weight is 250 g/mol. The van der Waals surface area contributed by atoms with E-state index in [1.54, 1.807) is 30.0 Å². The first-order chi connectivity index (χ1) is 8.49. The molecule has 0 fully saturated rings. The fourth-order valence-corrected chi connectivity index (χ4v) is 1.84. The molecular formula is C14H22N2O2. The van der Waals surface area contributed by atoms with Crippen LogP contribution in [0.5, 0.6) is 5.75 Å². The molecule has 1 amide bonds. The zero-order valence-corrected chi connectivity index (χ0v) is 11.3. The Morgan fingerprint density at radius 1 is 1.44 bits per heavy atom. The fourth-order valence-electron chi connectivity index (χ4n) is 1.84. The van der Waals surface area contributed by atoms with Crippen molar-refractivity contribution in [3.63, 3.8) is 0 Å². The van der Waals surface area contributed by atoms with E-state index in [0.717, 1.165) is 6.42 Å². The van der Waals surface area contributed by atoms with Crippen molar-refractivity contribution in [1.29, 1.82) is 0 Å². The molecule has 0 radical (unpaired) electrons. The highest BCUT2D eigenvalue weighted by molar-refractivity contribution is 5.97.